The molecule has 0 aromatic heterocycles. The first-order valence-corrected chi connectivity index (χ1v) is 6.84. The average molecular weight is 243 g/mol. The van der Waals surface area contributed by atoms with E-state index < -0.39 is 0 Å². The molecule has 3 heteroatoms. The molecule has 0 amide bonds. The summed E-state index contributed by atoms with van der Waals surface area (Å²) in [6.07, 6.45) is 3.78. The third kappa shape index (κ3) is 3.67. The molecule has 0 aromatic rings. The number of hydroxylamine groups is 2. The van der Waals surface area contributed by atoms with E-state index in [1.807, 2.05) is 0 Å². The van der Waals surface area contributed by atoms with Crippen LogP contribution in [-0.4, -0.2) is 33.5 Å². The van der Waals surface area contributed by atoms with Gasteiger partial charge in [-0.3, -0.25) is 4.84 Å². The first-order chi connectivity index (χ1) is 7.69. The summed E-state index contributed by atoms with van der Waals surface area (Å²) >= 11 is 0. The number of hydrogen-bond donors (Lipinski definition) is 1. The van der Waals surface area contributed by atoms with Gasteiger partial charge in [-0.2, -0.15) is 5.06 Å². The van der Waals surface area contributed by atoms with Gasteiger partial charge in [0.05, 0.1) is 12.2 Å². The maximum atomic E-state index is 9.95. The highest BCUT2D eigenvalue weighted by atomic mass is 16.7. The molecule has 1 rings (SSSR count). The van der Waals surface area contributed by atoms with Gasteiger partial charge < -0.3 is 5.11 Å². The SMILES string of the molecule is CCCC(C)ON1C(C)(C)CC(O)CC1(C)C. The van der Waals surface area contributed by atoms with Crippen molar-refractivity contribution in [3.8, 4) is 0 Å². The Morgan fingerprint density at radius 1 is 1.24 bits per heavy atom. The molecule has 1 unspecified atom stereocenters. The Morgan fingerprint density at radius 3 is 2.12 bits per heavy atom. The fraction of sp³-hybridized carbons (Fsp3) is 1.00. The van der Waals surface area contributed by atoms with Crippen molar-refractivity contribution in [2.24, 2.45) is 0 Å². The summed E-state index contributed by atoms with van der Waals surface area (Å²) in [6, 6.07) is 0. The summed E-state index contributed by atoms with van der Waals surface area (Å²) in [7, 11) is 0. The van der Waals surface area contributed by atoms with E-state index in [0.717, 1.165) is 25.7 Å². The van der Waals surface area contributed by atoms with Gasteiger partial charge in [-0.15, -0.1) is 0 Å². The van der Waals surface area contributed by atoms with E-state index in [1.165, 1.54) is 0 Å². The largest absolute Gasteiger partial charge is 0.393 e. The van der Waals surface area contributed by atoms with E-state index >= 15 is 0 Å². The number of piperidine rings is 1. The zero-order valence-corrected chi connectivity index (χ0v) is 12.3. The lowest BCUT2D eigenvalue weighted by molar-refractivity contribution is -0.312. The Morgan fingerprint density at radius 2 is 1.71 bits per heavy atom. The number of nitrogens with zero attached hydrogens (tertiary/aromatic N) is 1. The smallest absolute Gasteiger partial charge is 0.0765 e. The first-order valence-electron chi connectivity index (χ1n) is 6.84. The number of aliphatic hydroxyl groups excluding tert-OH is 1. The van der Waals surface area contributed by atoms with Gasteiger partial charge in [-0.1, -0.05) is 13.3 Å². The molecule has 17 heavy (non-hydrogen) atoms. The van der Waals surface area contributed by atoms with Crippen LogP contribution in [0.1, 0.15) is 67.2 Å². The molecular formula is C14H29NO2. The highest BCUT2D eigenvalue weighted by molar-refractivity contribution is 4.96. The maximum Gasteiger partial charge on any atom is 0.0765 e. The summed E-state index contributed by atoms with van der Waals surface area (Å²) in [5, 5.41) is 12.1. The predicted molar refractivity (Wildman–Crippen MR) is 70.7 cm³/mol. The monoisotopic (exact) mass is 243 g/mol. The Kier molecular flexibility index (Phi) is 4.61. The van der Waals surface area contributed by atoms with Crippen LogP contribution in [0.15, 0.2) is 0 Å². The normalized spacial score (nSPS) is 27.0. The number of aliphatic hydroxyl groups is 1. The molecule has 1 aliphatic rings. The van der Waals surface area contributed by atoms with Gasteiger partial charge in [0.1, 0.15) is 0 Å². The number of rotatable bonds is 4. The maximum absolute atomic E-state index is 9.95. The van der Waals surface area contributed by atoms with Crippen LogP contribution in [0.3, 0.4) is 0 Å². The van der Waals surface area contributed by atoms with Gasteiger partial charge in [0.2, 0.25) is 0 Å². The van der Waals surface area contributed by atoms with Crippen molar-refractivity contribution in [3.05, 3.63) is 0 Å². The minimum atomic E-state index is -0.221. The fourth-order valence-electron chi connectivity index (χ4n) is 3.14. The lowest BCUT2D eigenvalue weighted by atomic mass is 9.80. The molecular weight excluding hydrogens is 214 g/mol. The zero-order valence-electron chi connectivity index (χ0n) is 12.3. The quantitative estimate of drug-likeness (QED) is 0.823. The Balaban J connectivity index is 2.78. The minimum Gasteiger partial charge on any atom is -0.393 e. The second-order valence-corrected chi connectivity index (χ2v) is 6.69. The van der Waals surface area contributed by atoms with E-state index in [2.05, 4.69) is 46.6 Å². The van der Waals surface area contributed by atoms with Crippen LogP contribution in [0.4, 0.5) is 0 Å². The standard InChI is InChI=1S/C14H29NO2/c1-7-8-11(2)17-15-13(3,4)9-12(16)10-14(15,5)6/h11-12,16H,7-10H2,1-6H3. The molecule has 0 radical (unpaired) electrons. The van der Waals surface area contributed by atoms with Crippen molar-refractivity contribution in [3.63, 3.8) is 0 Å². The molecule has 1 N–H and O–H groups in total. The molecule has 0 spiro atoms. The first kappa shape index (κ1) is 14.9. The van der Waals surface area contributed by atoms with E-state index in [1.54, 1.807) is 0 Å². The summed E-state index contributed by atoms with van der Waals surface area (Å²) < 4.78 is 0. The van der Waals surface area contributed by atoms with Crippen molar-refractivity contribution in [1.82, 2.24) is 5.06 Å². The molecule has 0 bridgehead atoms. The average Bonchev–Trinajstić information content (AvgIpc) is 2.10. The minimum absolute atomic E-state index is 0.108. The Labute approximate surface area is 106 Å². The molecule has 1 fully saturated rings. The van der Waals surface area contributed by atoms with Gasteiger partial charge in [-0.05, 0) is 53.9 Å². The summed E-state index contributed by atoms with van der Waals surface area (Å²) in [5.74, 6) is 0. The topological polar surface area (TPSA) is 32.7 Å². The second-order valence-electron chi connectivity index (χ2n) is 6.69. The van der Waals surface area contributed by atoms with Crippen LogP contribution in [0, 0.1) is 0 Å². The van der Waals surface area contributed by atoms with Crippen molar-refractivity contribution >= 4 is 0 Å². The molecule has 1 saturated heterocycles. The molecule has 102 valence electrons. The van der Waals surface area contributed by atoms with Crippen LogP contribution in [0.5, 0.6) is 0 Å². The molecule has 0 aliphatic carbocycles. The lowest BCUT2D eigenvalue weighted by Gasteiger charge is -2.53. The molecule has 3 nitrogen and oxygen atoms in total. The van der Waals surface area contributed by atoms with Crippen molar-refractivity contribution in [2.45, 2.75) is 90.5 Å². The Hall–Kier alpha value is -0.120. The van der Waals surface area contributed by atoms with Crippen LogP contribution in [0.2, 0.25) is 0 Å². The van der Waals surface area contributed by atoms with Crippen LogP contribution in [-0.2, 0) is 4.84 Å². The van der Waals surface area contributed by atoms with Crippen LogP contribution in [0.25, 0.3) is 0 Å². The van der Waals surface area contributed by atoms with E-state index in [4.69, 9.17) is 4.84 Å². The van der Waals surface area contributed by atoms with Crippen molar-refractivity contribution in [1.29, 1.82) is 0 Å². The van der Waals surface area contributed by atoms with Crippen LogP contribution >= 0.6 is 0 Å². The third-order valence-electron chi connectivity index (χ3n) is 3.55. The molecule has 1 heterocycles. The Bertz CT molecular complexity index is 233. The van der Waals surface area contributed by atoms with Gasteiger partial charge in [0.25, 0.3) is 0 Å². The van der Waals surface area contributed by atoms with Crippen molar-refractivity contribution < 1.29 is 9.94 Å². The second kappa shape index (κ2) is 5.25. The summed E-state index contributed by atoms with van der Waals surface area (Å²) in [6.45, 7) is 12.9. The molecule has 0 aromatic carbocycles. The molecule has 1 aliphatic heterocycles. The van der Waals surface area contributed by atoms with Gasteiger partial charge >= 0.3 is 0 Å². The highest BCUT2D eigenvalue weighted by Crippen LogP contribution is 2.39. The molecule has 0 saturated carbocycles. The number of hydrogen-bond acceptors (Lipinski definition) is 3. The van der Waals surface area contributed by atoms with Gasteiger partial charge in [0, 0.05) is 11.1 Å². The third-order valence-corrected chi connectivity index (χ3v) is 3.55. The highest BCUT2D eigenvalue weighted by Gasteiger charge is 2.46. The zero-order chi connectivity index (χ0) is 13.3. The summed E-state index contributed by atoms with van der Waals surface area (Å²) in [4.78, 5) is 6.13. The van der Waals surface area contributed by atoms with Crippen LogP contribution < -0.4 is 0 Å². The predicted octanol–water partition coefficient (Wildman–Crippen LogP) is 3.12. The van der Waals surface area contributed by atoms with Crippen molar-refractivity contribution in [2.75, 3.05) is 0 Å². The van der Waals surface area contributed by atoms with E-state index in [9.17, 15) is 5.11 Å². The van der Waals surface area contributed by atoms with E-state index in [0.29, 0.717) is 0 Å². The lowest BCUT2D eigenvalue weighted by Crippen LogP contribution is -2.62. The van der Waals surface area contributed by atoms with E-state index in [-0.39, 0.29) is 23.3 Å². The summed E-state index contributed by atoms with van der Waals surface area (Å²) in [5.41, 5.74) is -0.216. The van der Waals surface area contributed by atoms with Gasteiger partial charge in [0.15, 0.2) is 0 Å². The fourth-order valence-corrected chi connectivity index (χ4v) is 3.14. The van der Waals surface area contributed by atoms with Gasteiger partial charge in [-0.25, -0.2) is 0 Å². The molecule has 1 atom stereocenters.